The van der Waals surface area contributed by atoms with Gasteiger partial charge in [0.15, 0.2) is 0 Å². The molecule has 0 bridgehead atoms. The number of carbonyl (C=O) groups is 2. The van der Waals surface area contributed by atoms with Crippen LogP contribution in [0.2, 0.25) is 0 Å². The van der Waals surface area contributed by atoms with Crippen molar-refractivity contribution in [2.24, 2.45) is 0 Å². The highest BCUT2D eigenvalue weighted by molar-refractivity contribution is 8.26. The second-order valence-electron chi connectivity index (χ2n) is 6.01. The Hall–Kier alpha value is -2.64. The molecule has 0 spiro atoms. The molecule has 0 atom stereocenters. The van der Waals surface area contributed by atoms with E-state index in [0.717, 1.165) is 16.9 Å². The Morgan fingerprint density at radius 3 is 2.71 bits per heavy atom. The molecule has 1 fully saturated rings. The van der Waals surface area contributed by atoms with Crippen LogP contribution in [0.25, 0.3) is 6.08 Å². The first-order valence-electron chi connectivity index (χ1n) is 8.66. The quantitative estimate of drug-likeness (QED) is 0.388. The number of benzene rings is 2. The van der Waals surface area contributed by atoms with Crippen LogP contribution in [0.5, 0.6) is 5.75 Å². The standard InChI is InChI=1S/C21H19NO4S2/c1-25-19(23)10-11-22-20(24)18(28-21(22)27)13-16-8-5-9-17(12-16)26-14-15-6-3-2-4-7-15/h2-9,12-13H,10-11,14H2,1H3/b18-13+. The summed E-state index contributed by atoms with van der Waals surface area (Å²) in [5.41, 5.74) is 1.93. The first kappa shape index (κ1) is 20.1. The number of rotatable bonds is 7. The van der Waals surface area contributed by atoms with Crippen molar-refractivity contribution in [2.45, 2.75) is 13.0 Å². The van der Waals surface area contributed by atoms with Crippen LogP contribution in [0, 0.1) is 0 Å². The molecule has 0 aliphatic carbocycles. The zero-order valence-electron chi connectivity index (χ0n) is 15.3. The molecular formula is C21H19NO4S2. The van der Waals surface area contributed by atoms with Crippen molar-refractivity contribution < 1.29 is 19.1 Å². The van der Waals surface area contributed by atoms with Gasteiger partial charge in [0.1, 0.15) is 16.7 Å². The Bertz CT molecular complexity index is 912. The van der Waals surface area contributed by atoms with E-state index in [2.05, 4.69) is 4.74 Å². The minimum Gasteiger partial charge on any atom is -0.489 e. The average molecular weight is 414 g/mol. The van der Waals surface area contributed by atoms with Crippen molar-refractivity contribution >= 4 is 46.3 Å². The fraction of sp³-hybridized carbons (Fsp3) is 0.190. The number of thioether (sulfide) groups is 1. The smallest absolute Gasteiger partial charge is 0.307 e. The van der Waals surface area contributed by atoms with Crippen molar-refractivity contribution in [3.05, 3.63) is 70.6 Å². The van der Waals surface area contributed by atoms with E-state index in [9.17, 15) is 9.59 Å². The predicted molar refractivity (Wildman–Crippen MR) is 114 cm³/mol. The van der Waals surface area contributed by atoms with Gasteiger partial charge in [0, 0.05) is 6.54 Å². The first-order valence-corrected chi connectivity index (χ1v) is 9.88. The van der Waals surface area contributed by atoms with Gasteiger partial charge in [-0.3, -0.25) is 14.5 Å². The van der Waals surface area contributed by atoms with E-state index in [1.54, 1.807) is 6.08 Å². The summed E-state index contributed by atoms with van der Waals surface area (Å²) in [4.78, 5) is 25.9. The Morgan fingerprint density at radius 2 is 1.96 bits per heavy atom. The van der Waals surface area contributed by atoms with Crippen LogP contribution in [-0.4, -0.2) is 34.8 Å². The van der Waals surface area contributed by atoms with Crippen LogP contribution in [-0.2, 0) is 20.9 Å². The maximum Gasteiger partial charge on any atom is 0.307 e. The second kappa shape index (κ2) is 9.52. The lowest BCUT2D eigenvalue weighted by molar-refractivity contribution is -0.140. The Morgan fingerprint density at radius 1 is 1.18 bits per heavy atom. The van der Waals surface area contributed by atoms with Crippen LogP contribution in [0.4, 0.5) is 0 Å². The minimum atomic E-state index is -0.374. The third-order valence-electron chi connectivity index (χ3n) is 4.04. The van der Waals surface area contributed by atoms with Crippen LogP contribution in [0.3, 0.4) is 0 Å². The van der Waals surface area contributed by atoms with E-state index in [-0.39, 0.29) is 24.8 Å². The van der Waals surface area contributed by atoms with Gasteiger partial charge in [0.25, 0.3) is 5.91 Å². The summed E-state index contributed by atoms with van der Waals surface area (Å²) >= 11 is 6.50. The molecule has 2 aromatic rings. The van der Waals surface area contributed by atoms with Crippen molar-refractivity contribution in [3.8, 4) is 5.75 Å². The molecular weight excluding hydrogens is 394 g/mol. The number of amides is 1. The molecule has 144 valence electrons. The van der Waals surface area contributed by atoms with Gasteiger partial charge in [-0.05, 0) is 29.3 Å². The van der Waals surface area contributed by atoms with E-state index < -0.39 is 0 Å². The molecule has 0 aromatic heterocycles. The molecule has 2 aromatic carbocycles. The molecule has 28 heavy (non-hydrogen) atoms. The zero-order chi connectivity index (χ0) is 19.9. The molecule has 3 rings (SSSR count). The van der Waals surface area contributed by atoms with Crippen molar-refractivity contribution in [2.75, 3.05) is 13.7 Å². The highest BCUT2D eigenvalue weighted by atomic mass is 32.2. The topological polar surface area (TPSA) is 55.8 Å². The largest absolute Gasteiger partial charge is 0.489 e. The highest BCUT2D eigenvalue weighted by Gasteiger charge is 2.32. The lowest BCUT2D eigenvalue weighted by atomic mass is 10.2. The van der Waals surface area contributed by atoms with Gasteiger partial charge in [-0.25, -0.2) is 0 Å². The second-order valence-corrected chi connectivity index (χ2v) is 7.68. The van der Waals surface area contributed by atoms with Gasteiger partial charge < -0.3 is 9.47 Å². The van der Waals surface area contributed by atoms with Gasteiger partial charge in [0.05, 0.1) is 18.4 Å². The third kappa shape index (κ3) is 5.21. The molecule has 0 unspecified atom stereocenters. The normalized spacial score (nSPS) is 15.2. The van der Waals surface area contributed by atoms with Crippen molar-refractivity contribution in [1.82, 2.24) is 4.90 Å². The molecule has 0 radical (unpaired) electrons. The Kier molecular flexibility index (Phi) is 6.84. The number of hydrogen-bond acceptors (Lipinski definition) is 6. The Labute approximate surface area is 173 Å². The SMILES string of the molecule is COC(=O)CCN1C(=O)/C(=C\c2cccc(OCc3ccccc3)c2)SC1=S. The average Bonchev–Trinajstić information content (AvgIpc) is 2.98. The number of esters is 1. The van der Waals surface area contributed by atoms with Crippen LogP contribution in [0.15, 0.2) is 59.5 Å². The maximum absolute atomic E-state index is 12.6. The van der Waals surface area contributed by atoms with E-state index >= 15 is 0 Å². The molecule has 0 saturated carbocycles. The van der Waals surface area contributed by atoms with Gasteiger partial charge in [-0.2, -0.15) is 0 Å². The summed E-state index contributed by atoms with van der Waals surface area (Å²) in [5, 5.41) is 0. The van der Waals surface area contributed by atoms with E-state index in [4.69, 9.17) is 17.0 Å². The van der Waals surface area contributed by atoms with Crippen molar-refractivity contribution in [1.29, 1.82) is 0 Å². The van der Waals surface area contributed by atoms with E-state index in [0.29, 0.717) is 15.8 Å². The van der Waals surface area contributed by atoms with Crippen LogP contribution in [0.1, 0.15) is 17.5 Å². The summed E-state index contributed by atoms with van der Waals surface area (Å²) in [7, 11) is 1.32. The summed E-state index contributed by atoms with van der Waals surface area (Å²) in [5.74, 6) is 0.148. The minimum absolute atomic E-state index is 0.110. The summed E-state index contributed by atoms with van der Waals surface area (Å²) < 4.78 is 10.9. The van der Waals surface area contributed by atoms with Gasteiger partial charge in [-0.1, -0.05) is 66.4 Å². The van der Waals surface area contributed by atoms with Gasteiger partial charge in [0.2, 0.25) is 0 Å². The fourth-order valence-corrected chi connectivity index (χ4v) is 3.89. The highest BCUT2D eigenvalue weighted by Crippen LogP contribution is 2.33. The van der Waals surface area contributed by atoms with Crippen LogP contribution < -0.4 is 4.74 Å². The molecule has 1 saturated heterocycles. The summed E-state index contributed by atoms with van der Waals surface area (Å²) in [6.07, 6.45) is 1.89. The van der Waals surface area contributed by atoms with E-state index in [1.807, 2.05) is 54.6 Å². The van der Waals surface area contributed by atoms with Gasteiger partial charge in [-0.15, -0.1) is 0 Å². The third-order valence-corrected chi connectivity index (χ3v) is 5.42. The number of thiocarbonyl (C=S) groups is 1. The predicted octanol–water partition coefficient (Wildman–Crippen LogP) is 4.03. The molecule has 5 nitrogen and oxygen atoms in total. The molecule has 7 heteroatoms. The Balaban J connectivity index is 1.67. The van der Waals surface area contributed by atoms with Gasteiger partial charge >= 0.3 is 5.97 Å². The fourth-order valence-electron chi connectivity index (χ4n) is 2.58. The number of hydrogen-bond donors (Lipinski definition) is 0. The number of carbonyl (C=O) groups excluding carboxylic acids is 2. The van der Waals surface area contributed by atoms with Crippen LogP contribution >= 0.6 is 24.0 Å². The zero-order valence-corrected chi connectivity index (χ0v) is 16.9. The number of methoxy groups -OCH3 is 1. The molecule has 1 amide bonds. The summed E-state index contributed by atoms with van der Waals surface area (Å²) in [6, 6.07) is 17.4. The monoisotopic (exact) mass is 413 g/mol. The molecule has 1 heterocycles. The first-order chi connectivity index (χ1) is 13.6. The summed E-state index contributed by atoms with van der Waals surface area (Å²) in [6.45, 7) is 0.689. The lowest BCUT2D eigenvalue weighted by Crippen LogP contribution is -2.30. The molecule has 1 aliphatic heterocycles. The number of ether oxygens (including phenoxy) is 2. The van der Waals surface area contributed by atoms with Crippen molar-refractivity contribution in [3.63, 3.8) is 0 Å². The lowest BCUT2D eigenvalue weighted by Gasteiger charge is -2.13. The maximum atomic E-state index is 12.6. The molecule has 1 aliphatic rings. The van der Waals surface area contributed by atoms with E-state index in [1.165, 1.54) is 23.8 Å². The molecule has 0 N–H and O–H groups in total. The number of nitrogens with zero attached hydrogens (tertiary/aromatic N) is 1.